The van der Waals surface area contributed by atoms with Crippen molar-refractivity contribution in [2.75, 3.05) is 5.32 Å². The summed E-state index contributed by atoms with van der Waals surface area (Å²) < 4.78 is 0.740. The van der Waals surface area contributed by atoms with Gasteiger partial charge in [0.2, 0.25) is 0 Å². The quantitative estimate of drug-likeness (QED) is 0.433. The molecule has 0 fully saturated rings. The first-order chi connectivity index (χ1) is 12.5. The highest BCUT2D eigenvalue weighted by Crippen LogP contribution is 2.37. The van der Waals surface area contributed by atoms with Crippen molar-refractivity contribution in [2.24, 2.45) is 0 Å². The minimum absolute atomic E-state index is 0.206. The number of anilines is 1. The Balaban J connectivity index is 1.94. The van der Waals surface area contributed by atoms with Gasteiger partial charge >= 0.3 is 0 Å². The first-order valence-corrected chi connectivity index (χ1v) is 10.4. The van der Waals surface area contributed by atoms with Crippen molar-refractivity contribution in [1.29, 1.82) is 0 Å². The second-order valence-corrected chi connectivity index (χ2v) is 8.38. The molecule has 0 aliphatic heterocycles. The summed E-state index contributed by atoms with van der Waals surface area (Å²) in [5.74, 6) is -0.206. The summed E-state index contributed by atoms with van der Waals surface area (Å²) in [7, 11) is 0. The minimum atomic E-state index is -0.206. The molecule has 0 spiro atoms. The van der Waals surface area contributed by atoms with Crippen molar-refractivity contribution >= 4 is 61.5 Å². The summed E-state index contributed by atoms with van der Waals surface area (Å²) in [4.78, 5) is 18.3. The molecule has 1 aromatic heterocycles. The van der Waals surface area contributed by atoms with Crippen LogP contribution in [0.15, 0.2) is 46.9 Å². The summed E-state index contributed by atoms with van der Waals surface area (Å²) in [5.41, 5.74) is 2.17. The third-order valence-corrected chi connectivity index (χ3v) is 5.97. The molecule has 3 nitrogen and oxygen atoms in total. The van der Waals surface area contributed by atoms with Gasteiger partial charge in [0.05, 0.1) is 16.3 Å². The lowest BCUT2D eigenvalue weighted by Crippen LogP contribution is -2.12. The molecule has 1 heterocycles. The molecule has 0 radical (unpaired) electrons. The molecule has 26 heavy (non-hydrogen) atoms. The third-order valence-electron chi connectivity index (χ3n) is 3.70. The van der Waals surface area contributed by atoms with Crippen LogP contribution in [0.5, 0.6) is 0 Å². The van der Waals surface area contributed by atoms with E-state index in [0.717, 1.165) is 33.4 Å². The molecular weight excluding hydrogens is 455 g/mol. The molecule has 0 atom stereocenters. The zero-order chi connectivity index (χ0) is 18.7. The lowest BCUT2D eigenvalue weighted by atomic mass is 10.1. The number of hydrogen-bond acceptors (Lipinski definition) is 3. The van der Waals surface area contributed by atoms with Gasteiger partial charge in [-0.2, -0.15) is 0 Å². The van der Waals surface area contributed by atoms with Crippen LogP contribution in [0, 0.1) is 0 Å². The number of nitrogens with zero attached hydrogens (tertiary/aromatic N) is 1. The van der Waals surface area contributed by atoms with Crippen molar-refractivity contribution in [2.45, 2.75) is 19.8 Å². The zero-order valence-electron chi connectivity index (χ0n) is 13.9. The number of amides is 1. The van der Waals surface area contributed by atoms with E-state index in [1.165, 1.54) is 11.3 Å². The van der Waals surface area contributed by atoms with Crippen LogP contribution in [0.2, 0.25) is 10.0 Å². The standard InChI is InChI=1S/C19H15BrCl2N2OS/c1-2-5-16-17(13-9-8-11(21)10-15(13)22)23-19(26-16)24-18(25)12-6-3-4-7-14(12)20/h3-4,6-10H,2,5H2,1H3,(H,23,24,25). The highest BCUT2D eigenvalue weighted by molar-refractivity contribution is 9.10. The fourth-order valence-corrected chi connectivity index (χ4v) is 4.54. The van der Waals surface area contributed by atoms with Crippen LogP contribution in [0.25, 0.3) is 11.3 Å². The van der Waals surface area contributed by atoms with Gasteiger partial charge in [-0.1, -0.05) is 48.7 Å². The highest BCUT2D eigenvalue weighted by Gasteiger charge is 2.18. The minimum Gasteiger partial charge on any atom is -0.298 e. The number of carbonyl (C=O) groups excluding carboxylic acids is 1. The van der Waals surface area contributed by atoms with Gasteiger partial charge in [0, 0.05) is 19.9 Å². The van der Waals surface area contributed by atoms with E-state index in [2.05, 4.69) is 33.2 Å². The smallest absolute Gasteiger partial charge is 0.258 e. The van der Waals surface area contributed by atoms with Gasteiger partial charge in [-0.05, 0) is 52.7 Å². The van der Waals surface area contributed by atoms with Gasteiger partial charge in [0.25, 0.3) is 5.91 Å². The van der Waals surface area contributed by atoms with Gasteiger partial charge in [0.15, 0.2) is 5.13 Å². The van der Waals surface area contributed by atoms with Gasteiger partial charge in [-0.25, -0.2) is 4.98 Å². The predicted molar refractivity (Wildman–Crippen MR) is 114 cm³/mol. The SMILES string of the molecule is CCCc1sc(NC(=O)c2ccccc2Br)nc1-c1ccc(Cl)cc1Cl. The van der Waals surface area contributed by atoms with Crippen LogP contribution in [-0.2, 0) is 6.42 Å². The van der Waals surface area contributed by atoms with E-state index in [-0.39, 0.29) is 5.91 Å². The maximum atomic E-state index is 12.5. The van der Waals surface area contributed by atoms with Gasteiger partial charge < -0.3 is 0 Å². The molecule has 3 aromatic rings. The van der Waals surface area contributed by atoms with Gasteiger partial charge in [-0.15, -0.1) is 11.3 Å². The molecule has 7 heteroatoms. The Morgan fingerprint density at radius 2 is 2.00 bits per heavy atom. The van der Waals surface area contributed by atoms with Crippen molar-refractivity contribution in [3.63, 3.8) is 0 Å². The van der Waals surface area contributed by atoms with E-state index >= 15 is 0 Å². The number of aryl methyl sites for hydroxylation is 1. The van der Waals surface area contributed by atoms with Crippen molar-refractivity contribution in [1.82, 2.24) is 4.98 Å². The largest absolute Gasteiger partial charge is 0.298 e. The Bertz CT molecular complexity index is 958. The Labute approximate surface area is 174 Å². The van der Waals surface area contributed by atoms with E-state index in [0.29, 0.717) is 20.7 Å². The lowest BCUT2D eigenvalue weighted by molar-refractivity contribution is 0.102. The molecule has 2 aromatic carbocycles. The molecule has 0 saturated heterocycles. The van der Waals surface area contributed by atoms with Crippen LogP contribution in [0.4, 0.5) is 5.13 Å². The van der Waals surface area contributed by atoms with Crippen molar-refractivity contribution in [3.8, 4) is 11.3 Å². The number of carbonyl (C=O) groups is 1. The average molecular weight is 470 g/mol. The molecule has 0 aliphatic rings. The molecule has 0 saturated carbocycles. The number of benzene rings is 2. The van der Waals surface area contributed by atoms with Crippen LogP contribution >= 0.6 is 50.5 Å². The third kappa shape index (κ3) is 4.29. The van der Waals surface area contributed by atoms with Gasteiger partial charge in [-0.3, -0.25) is 10.1 Å². The average Bonchev–Trinajstić information content (AvgIpc) is 2.97. The van der Waals surface area contributed by atoms with Crippen molar-refractivity contribution in [3.05, 3.63) is 67.4 Å². The van der Waals surface area contributed by atoms with Gasteiger partial charge in [0.1, 0.15) is 0 Å². The van der Waals surface area contributed by atoms with E-state index in [1.54, 1.807) is 18.2 Å². The number of aromatic nitrogens is 1. The normalized spacial score (nSPS) is 10.8. The second kappa shape index (κ2) is 8.53. The zero-order valence-corrected chi connectivity index (χ0v) is 17.8. The van der Waals surface area contributed by atoms with Crippen LogP contribution < -0.4 is 5.32 Å². The monoisotopic (exact) mass is 468 g/mol. The summed E-state index contributed by atoms with van der Waals surface area (Å²) in [6.07, 6.45) is 1.83. The van der Waals surface area contributed by atoms with Crippen LogP contribution in [0.3, 0.4) is 0 Å². The molecule has 3 rings (SSSR count). The predicted octanol–water partition coefficient (Wildman–Crippen LogP) is 7.08. The number of thiazole rings is 1. The Morgan fingerprint density at radius 3 is 2.69 bits per heavy atom. The molecule has 1 N–H and O–H groups in total. The number of rotatable bonds is 5. The number of halogens is 3. The highest BCUT2D eigenvalue weighted by atomic mass is 79.9. The molecule has 1 amide bonds. The Hall–Kier alpha value is -1.40. The number of nitrogens with one attached hydrogen (secondary N) is 1. The maximum Gasteiger partial charge on any atom is 0.258 e. The van der Waals surface area contributed by atoms with E-state index in [9.17, 15) is 4.79 Å². The summed E-state index contributed by atoms with van der Waals surface area (Å²) in [6, 6.07) is 12.6. The molecule has 134 valence electrons. The van der Waals surface area contributed by atoms with E-state index < -0.39 is 0 Å². The van der Waals surface area contributed by atoms with Crippen molar-refractivity contribution < 1.29 is 4.79 Å². The summed E-state index contributed by atoms with van der Waals surface area (Å²) in [6.45, 7) is 2.10. The number of hydrogen-bond donors (Lipinski definition) is 1. The molecular formula is C19H15BrCl2N2OS. The topological polar surface area (TPSA) is 42.0 Å². The first-order valence-electron chi connectivity index (χ1n) is 8.00. The van der Waals surface area contributed by atoms with Crippen LogP contribution in [-0.4, -0.2) is 10.9 Å². The fourth-order valence-electron chi connectivity index (χ4n) is 2.50. The van der Waals surface area contributed by atoms with E-state index in [1.807, 2.05) is 24.3 Å². The summed E-state index contributed by atoms with van der Waals surface area (Å²) in [5, 5.41) is 4.56. The maximum absolute atomic E-state index is 12.5. The lowest BCUT2D eigenvalue weighted by Gasteiger charge is -2.04. The Kier molecular flexibility index (Phi) is 6.35. The Morgan fingerprint density at radius 1 is 1.23 bits per heavy atom. The first kappa shape index (κ1) is 19.4. The van der Waals surface area contributed by atoms with Crippen LogP contribution in [0.1, 0.15) is 28.6 Å². The second-order valence-electron chi connectivity index (χ2n) is 5.60. The van der Waals surface area contributed by atoms with E-state index in [4.69, 9.17) is 23.2 Å². The summed E-state index contributed by atoms with van der Waals surface area (Å²) >= 11 is 17.2. The molecule has 0 unspecified atom stereocenters. The molecule has 0 bridgehead atoms. The fraction of sp³-hybridized carbons (Fsp3) is 0.158. The molecule has 0 aliphatic carbocycles.